The first-order chi connectivity index (χ1) is 19.1. The zero-order valence-corrected chi connectivity index (χ0v) is 25.0. The summed E-state index contributed by atoms with van der Waals surface area (Å²) in [7, 11) is -7.61. The molecular formula is C27H30BrN3O7S2. The summed E-state index contributed by atoms with van der Waals surface area (Å²) in [6, 6.07) is 19.1. The van der Waals surface area contributed by atoms with Crippen LogP contribution in [-0.4, -0.2) is 73.0 Å². The first-order valence-electron chi connectivity index (χ1n) is 12.5. The summed E-state index contributed by atoms with van der Waals surface area (Å²) < 4.78 is 66.5. The SMILES string of the molecule is Cc1ccc(S(=O)(=O)N(CC(=O)NCCOc2ccc(S(=O)(=O)N3CCOCC3)cc2)c2ccc(Br)cc2)cc1. The number of aryl methyl sites for hydroxylation is 1. The lowest BCUT2D eigenvalue weighted by atomic mass is 10.2. The van der Waals surface area contributed by atoms with Gasteiger partial charge in [-0.1, -0.05) is 33.6 Å². The van der Waals surface area contributed by atoms with Crippen LogP contribution < -0.4 is 14.4 Å². The number of rotatable bonds is 11. The maximum atomic E-state index is 13.4. The summed E-state index contributed by atoms with van der Waals surface area (Å²) in [5.41, 5.74) is 1.27. The Morgan fingerprint density at radius 1 is 0.925 bits per heavy atom. The predicted octanol–water partition coefficient (Wildman–Crippen LogP) is 3.17. The number of anilines is 1. The fourth-order valence-corrected chi connectivity index (χ4v) is 7.04. The lowest BCUT2D eigenvalue weighted by Gasteiger charge is -2.26. The minimum absolute atomic E-state index is 0.0798. The maximum absolute atomic E-state index is 13.4. The van der Waals surface area contributed by atoms with Gasteiger partial charge in [0.25, 0.3) is 10.0 Å². The number of morpholine rings is 1. The van der Waals surface area contributed by atoms with Gasteiger partial charge in [-0.3, -0.25) is 9.10 Å². The molecule has 0 aromatic heterocycles. The van der Waals surface area contributed by atoms with Crippen LogP contribution in [0.3, 0.4) is 0 Å². The third-order valence-corrected chi connectivity index (χ3v) is 10.4. The molecule has 13 heteroatoms. The second kappa shape index (κ2) is 13.1. The molecular weight excluding hydrogens is 622 g/mol. The van der Waals surface area contributed by atoms with Crippen molar-refractivity contribution in [3.05, 3.63) is 82.8 Å². The molecule has 0 aliphatic carbocycles. The van der Waals surface area contributed by atoms with E-state index in [-0.39, 0.29) is 22.9 Å². The normalized spacial score (nSPS) is 14.4. The Kier molecular flexibility index (Phi) is 9.85. The van der Waals surface area contributed by atoms with Crippen LogP contribution in [0, 0.1) is 6.92 Å². The number of benzene rings is 3. The van der Waals surface area contributed by atoms with Crippen molar-refractivity contribution in [3.8, 4) is 5.75 Å². The molecule has 0 spiro atoms. The standard InChI is InChI=1S/C27H30BrN3O7S2/c1-21-2-10-26(11-3-21)40(35,36)31(23-6-4-22(28)5-7-23)20-27(32)29-14-17-38-24-8-12-25(13-9-24)39(33,34)30-15-18-37-19-16-30/h2-13H,14-20H2,1H3,(H,29,32). The quantitative estimate of drug-likeness (QED) is 0.316. The maximum Gasteiger partial charge on any atom is 0.264 e. The van der Waals surface area contributed by atoms with E-state index >= 15 is 0 Å². The lowest BCUT2D eigenvalue weighted by Crippen LogP contribution is -2.41. The Bertz CT molecular complexity index is 1510. The zero-order chi connectivity index (χ0) is 28.8. The number of halogens is 1. The molecule has 214 valence electrons. The van der Waals surface area contributed by atoms with E-state index in [0.717, 1.165) is 14.3 Å². The van der Waals surface area contributed by atoms with Crippen molar-refractivity contribution in [1.29, 1.82) is 0 Å². The molecule has 1 saturated heterocycles. The fraction of sp³-hybridized carbons (Fsp3) is 0.296. The number of amides is 1. The third kappa shape index (κ3) is 7.40. The van der Waals surface area contributed by atoms with Crippen molar-refractivity contribution in [2.75, 3.05) is 50.3 Å². The molecule has 0 unspecified atom stereocenters. The van der Waals surface area contributed by atoms with Gasteiger partial charge < -0.3 is 14.8 Å². The number of hydrogen-bond donors (Lipinski definition) is 1. The smallest absolute Gasteiger partial charge is 0.264 e. The van der Waals surface area contributed by atoms with E-state index in [1.807, 2.05) is 6.92 Å². The van der Waals surface area contributed by atoms with E-state index < -0.39 is 32.5 Å². The zero-order valence-electron chi connectivity index (χ0n) is 21.8. The van der Waals surface area contributed by atoms with Gasteiger partial charge in [0.2, 0.25) is 15.9 Å². The second-order valence-corrected chi connectivity index (χ2v) is 13.7. The van der Waals surface area contributed by atoms with Crippen molar-refractivity contribution in [2.45, 2.75) is 16.7 Å². The van der Waals surface area contributed by atoms with Crippen LogP contribution in [0.25, 0.3) is 0 Å². The van der Waals surface area contributed by atoms with E-state index in [1.165, 1.54) is 28.6 Å². The highest BCUT2D eigenvalue weighted by Crippen LogP contribution is 2.25. The van der Waals surface area contributed by atoms with Crippen molar-refractivity contribution < 1.29 is 31.1 Å². The molecule has 1 heterocycles. The summed E-state index contributed by atoms with van der Waals surface area (Å²) in [4.78, 5) is 13.0. The first-order valence-corrected chi connectivity index (χ1v) is 16.2. The minimum Gasteiger partial charge on any atom is -0.492 e. The lowest BCUT2D eigenvalue weighted by molar-refractivity contribution is -0.119. The molecule has 1 aliphatic heterocycles. The van der Waals surface area contributed by atoms with Gasteiger partial charge in [-0.05, 0) is 67.6 Å². The summed E-state index contributed by atoms with van der Waals surface area (Å²) >= 11 is 3.34. The van der Waals surface area contributed by atoms with E-state index in [9.17, 15) is 21.6 Å². The van der Waals surface area contributed by atoms with Gasteiger partial charge in [0, 0.05) is 17.6 Å². The molecule has 1 N–H and O–H groups in total. The van der Waals surface area contributed by atoms with Crippen molar-refractivity contribution in [2.24, 2.45) is 0 Å². The molecule has 3 aromatic carbocycles. The molecule has 1 amide bonds. The van der Waals surface area contributed by atoms with E-state index in [1.54, 1.807) is 48.5 Å². The number of ether oxygens (including phenoxy) is 2. The fourth-order valence-electron chi connectivity index (χ4n) is 3.95. The Morgan fingerprint density at radius 2 is 1.52 bits per heavy atom. The van der Waals surface area contributed by atoms with Crippen LogP contribution in [0.1, 0.15) is 5.56 Å². The van der Waals surface area contributed by atoms with Gasteiger partial charge in [0.05, 0.1) is 35.2 Å². The van der Waals surface area contributed by atoms with Crippen LogP contribution >= 0.6 is 15.9 Å². The van der Waals surface area contributed by atoms with Gasteiger partial charge >= 0.3 is 0 Å². The van der Waals surface area contributed by atoms with Crippen LogP contribution in [0.4, 0.5) is 5.69 Å². The van der Waals surface area contributed by atoms with Crippen LogP contribution in [0.5, 0.6) is 5.75 Å². The molecule has 1 fully saturated rings. The monoisotopic (exact) mass is 651 g/mol. The topological polar surface area (TPSA) is 122 Å². The van der Waals surface area contributed by atoms with E-state index in [4.69, 9.17) is 9.47 Å². The molecule has 0 bridgehead atoms. The minimum atomic E-state index is -4.01. The predicted molar refractivity (Wildman–Crippen MR) is 154 cm³/mol. The molecule has 4 rings (SSSR count). The average Bonchev–Trinajstić information content (AvgIpc) is 2.95. The molecule has 0 radical (unpaired) electrons. The highest BCUT2D eigenvalue weighted by atomic mass is 79.9. The van der Waals surface area contributed by atoms with E-state index in [0.29, 0.717) is 37.7 Å². The molecule has 1 aliphatic rings. The summed E-state index contributed by atoms with van der Waals surface area (Å²) in [5, 5.41) is 2.68. The van der Waals surface area contributed by atoms with Crippen LogP contribution in [0.2, 0.25) is 0 Å². The Hall–Kier alpha value is -2.97. The largest absolute Gasteiger partial charge is 0.492 e. The first kappa shape index (κ1) is 30.0. The molecule has 0 saturated carbocycles. The Morgan fingerprint density at radius 3 is 2.15 bits per heavy atom. The van der Waals surface area contributed by atoms with Gasteiger partial charge in [-0.15, -0.1) is 0 Å². The summed E-state index contributed by atoms with van der Waals surface area (Å²) in [6.07, 6.45) is 0. The second-order valence-electron chi connectivity index (χ2n) is 8.99. The summed E-state index contributed by atoms with van der Waals surface area (Å²) in [5.74, 6) is -0.0669. The molecule has 40 heavy (non-hydrogen) atoms. The van der Waals surface area contributed by atoms with E-state index in [2.05, 4.69) is 21.2 Å². The number of carbonyl (C=O) groups excluding carboxylic acids is 1. The number of nitrogens with zero attached hydrogens (tertiary/aromatic N) is 2. The number of hydrogen-bond acceptors (Lipinski definition) is 7. The van der Waals surface area contributed by atoms with Crippen LogP contribution in [0.15, 0.2) is 87.1 Å². The highest BCUT2D eigenvalue weighted by molar-refractivity contribution is 9.10. The molecule has 0 atom stereocenters. The average molecular weight is 653 g/mol. The number of carbonyl (C=O) groups is 1. The Balaban J connectivity index is 1.35. The van der Waals surface area contributed by atoms with Crippen LogP contribution in [-0.2, 0) is 29.6 Å². The Labute approximate surface area is 243 Å². The van der Waals surface area contributed by atoms with Gasteiger partial charge in [0.15, 0.2) is 0 Å². The van der Waals surface area contributed by atoms with Crippen molar-refractivity contribution in [3.63, 3.8) is 0 Å². The van der Waals surface area contributed by atoms with Crippen molar-refractivity contribution >= 4 is 47.6 Å². The number of nitrogens with one attached hydrogen (secondary N) is 1. The highest BCUT2D eigenvalue weighted by Gasteiger charge is 2.28. The summed E-state index contributed by atoms with van der Waals surface area (Å²) in [6.45, 7) is 3.01. The molecule has 10 nitrogen and oxygen atoms in total. The molecule has 3 aromatic rings. The third-order valence-electron chi connectivity index (χ3n) is 6.14. The van der Waals surface area contributed by atoms with Gasteiger partial charge in [-0.2, -0.15) is 4.31 Å². The van der Waals surface area contributed by atoms with Gasteiger partial charge in [-0.25, -0.2) is 16.8 Å². The van der Waals surface area contributed by atoms with Gasteiger partial charge in [0.1, 0.15) is 18.9 Å². The van der Waals surface area contributed by atoms with Crippen molar-refractivity contribution in [1.82, 2.24) is 9.62 Å². The number of sulfonamides is 2.